The molecule has 0 aliphatic carbocycles. The fourth-order valence-corrected chi connectivity index (χ4v) is 2.44. The highest BCUT2D eigenvalue weighted by molar-refractivity contribution is 6.31. The van der Waals surface area contributed by atoms with Gasteiger partial charge in [-0.3, -0.25) is 4.79 Å². The molecular formula is C13H14ClNO4. The number of aliphatic hydroxyl groups is 1. The summed E-state index contributed by atoms with van der Waals surface area (Å²) in [6.45, 7) is 1.74. The van der Waals surface area contributed by atoms with Crippen LogP contribution in [0.5, 0.6) is 0 Å². The summed E-state index contributed by atoms with van der Waals surface area (Å²) >= 11 is 5.96. The van der Waals surface area contributed by atoms with E-state index in [1.165, 1.54) is 4.90 Å². The molecule has 1 saturated heterocycles. The van der Waals surface area contributed by atoms with Gasteiger partial charge in [0.05, 0.1) is 6.10 Å². The number of carbonyl (C=O) groups excluding carboxylic acids is 1. The molecule has 1 heterocycles. The molecule has 0 radical (unpaired) electrons. The molecule has 2 N–H and O–H groups in total. The lowest BCUT2D eigenvalue weighted by Crippen LogP contribution is -2.40. The maximum absolute atomic E-state index is 12.4. The minimum atomic E-state index is -1.11. The minimum absolute atomic E-state index is 0.0295. The zero-order valence-corrected chi connectivity index (χ0v) is 11.1. The maximum atomic E-state index is 12.4. The molecule has 1 aliphatic rings. The van der Waals surface area contributed by atoms with Crippen molar-refractivity contribution in [3.63, 3.8) is 0 Å². The highest BCUT2D eigenvalue weighted by Crippen LogP contribution is 2.25. The number of benzene rings is 1. The van der Waals surface area contributed by atoms with Crippen molar-refractivity contribution < 1.29 is 19.8 Å². The number of hydrogen-bond acceptors (Lipinski definition) is 3. The van der Waals surface area contributed by atoms with Gasteiger partial charge in [0, 0.05) is 23.6 Å². The second-order valence-corrected chi connectivity index (χ2v) is 5.02. The molecule has 19 heavy (non-hydrogen) atoms. The zero-order chi connectivity index (χ0) is 14.2. The van der Waals surface area contributed by atoms with E-state index in [4.69, 9.17) is 16.7 Å². The number of halogens is 1. The lowest BCUT2D eigenvalue weighted by atomic mass is 10.1. The predicted molar refractivity (Wildman–Crippen MR) is 69.3 cm³/mol. The first kappa shape index (κ1) is 13.8. The van der Waals surface area contributed by atoms with Crippen LogP contribution in [-0.4, -0.2) is 45.7 Å². The van der Waals surface area contributed by atoms with E-state index in [0.29, 0.717) is 16.1 Å². The Balaban J connectivity index is 2.33. The number of amides is 1. The molecule has 1 aromatic rings. The number of β-amino-alcohol motifs (C(OH)–C–C–N with tert-alkyl or cyclic N) is 1. The Morgan fingerprint density at radius 1 is 1.42 bits per heavy atom. The van der Waals surface area contributed by atoms with E-state index in [1.54, 1.807) is 25.1 Å². The van der Waals surface area contributed by atoms with Gasteiger partial charge in [-0.25, -0.2) is 4.79 Å². The van der Waals surface area contributed by atoms with Crippen LogP contribution in [-0.2, 0) is 4.79 Å². The summed E-state index contributed by atoms with van der Waals surface area (Å²) in [4.78, 5) is 24.7. The van der Waals surface area contributed by atoms with Crippen molar-refractivity contribution in [1.29, 1.82) is 0 Å². The van der Waals surface area contributed by atoms with E-state index < -0.39 is 24.0 Å². The van der Waals surface area contributed by atoms with E-state index >= 15 is 0 Å². The van der Waals surface area contributed by atoms with Gasteiger partial charge in [0.25, 0.3) is 5.91 Å². The first-order chi connectivity index (χ1) is 8.91. The molecule has 0 spiro atoms. The smallest absolute Gasteiger partial charge is 0.326 e. The summed E-state index contributed by atoms with van der Waals surface area (Å²) in [6, 6.07) is 3.93. The monoisotopic (exact) mass is 283 g/mol. The van der Waals surface area contributed by atoms with Crippen LogP contribution in [0.15, 0.2) is 18.2 Å². The first-order valence-electron chi connectivity index (χ1n) is 5.88. The van der Waals surface area contributed by atoms with Crippen LogP contribution in [0, 0.1) is 6.92 Å². The van der Waals surface area contributed by atoms with Gasteiger partial charge in [0.15, 0.2) is 0 Å². The molecule has 1 aromatic carbocycles. The normalized spacial score (nSPS) is 22.6. The number of carboxylic acid groups (broad SMARTS) is 1. The molecule has 102 valence electrons. The Hall–Kier alpha value is -1.59. The summed E-state index contributed by atoms with van der Waals surface area (Å²) in [5.74, 6) is -1.52. The van der Waals surface area contributed by atoms with Gasteiger partial charge in [0.1, 0.15) is 6.04 Å². The molecular weight excluding hydrogens is 270 g/mol. The third-order valence-corrected chi connectivity index (χ3v) is 3.73. The van der Waals surface area contributed by atoms with Crippen LogP contribution in [0.25, 0.3) is 0 Å². The molecule has 0 saturated carbocycles. The molecule has 2 rings (SSSR count). The third-order valence-electron chi connectivity index (χ3n) is 3.32. The number of carbonyl (C=O) groups is 2. The van der Waals surface area contributed by atoms with Gasteiger partial charge < -0.3 is 15.1 Å². The molecule has 1 fully saturated rings. The Bertz CT molecular complexity index is 531. The lowest BCUT2D eigenvalue weighted by Gasteiger charge is -2.22. The summed E-state index contributed by atoms with van der Waals surface area (Å²) in [5, 5.41) is 19.1. The summed E-state index contributed by atoms with van der Waals surface area (Å²) in [5.41, 5.74) is 0.979. The summed E-state index contributed by atoms with van der Waals surface area (Å²) < 4.78 is 0. The number of rotatable bonds is 2. The Labute approximate surface area is 115 Å². The van der Waals surface area contributed by atoms with Crippen LogP contribution in [0.4, 0.5) is 0 Å². The van der Waals surface area contributed by atoms with Crippen molar-refractivity contribution in [1.82, 2.24) is 4.90 Å². The SMILES string of the molecule is Cc1c(Cl)cccc1C(=O)N1CC(O)C[C@H]1C(=O)O. The van der Waals surface area contributed by atoms with Gasteiger partial charge in [0.2, 0.25) is 0 Å². The zero-order valence-electron chi connectivity index (χ0n) is 10.3. The molecule has 1 amide bonds. The van der Waals surface area contributed by atoms with E-state index in [-0.39, 0.29) is 13.0 Å². The minimum Gasteiger partial charge on any atom is -0.480 e. The summed E-state index contributed by atoms with van der Waals surface area (Å²) in [7, 11) is 0. The van der Waals surface area contributed by atoms with Crippen molar-refractivity contribution in [2.75, 3.05) is 6.54 Å². The van der Waals surface area contributed by atoms with E-state index in [2.05, 4.69) is 0 Å². The van der Waals surface area contributed by atoms with Gasteiger partial charge in [-0.2, -0.15) is 0 Å². The van der Waals surface area contributed by atoms with Gasteiger partial charge >= 0.3 is 5.97 Å². The predicted octanol–water partition coefficient (Wildman–Crippen LogP) is 1.31. The number of aliphatic hydroxyl groups excluding tert-OH is 1. The lowest BCUT2D eigenvalue weighted by molar-refractivity contribution is -0.141. The van der Waals surface area contributed by atoms with Crippen molar-refractivity contribution in [3.05, 3.63) is 34.3 Å². The second kappa shape index (κ2) is 5.19. The number of carboxylic acids is 1. The largest absolute Gasteiger partial charge is 0.480 e. The number of aliphatic carboxylic acids is 1. The first-order valence-corrected chi connectivity index (χ1v) is 6.26. The molecule has 5 nitrogen and oxygen atoms in total. The van der Waals surface area contributed by atoms with Crippen molar-refractivity contribution >= 4 is 23.5 Å². The summed E-state index contributed by atoms with van der Waals surface area (Å²) in [6.07, 6.45) is -0.745. The Morgan fingerprint density at radius 3 is 2.74 bits per heavy atom. The quantitative estimate of drug-likeness (QED) is 0.858. The van der Waals surface area contributed by atoms with Crippen LogP contribution in [0.2, 0.25) is 5.02 Å². The van der Waals surface area contributed by atoms with Crippen LogP contribution in [0.3, 0.4) is 0 Å². The van der Waals surface area contributed by atoms with Gasteiger partial charge in [-0.15, -0.1) is 0 Å². The number of likely N-dealkylation sites (tertiary alicyclic amines) is 1. The molecule has 1 unspecified atom stereocenters. The van der Waals surface area contributed by atoms with Crippen LogP contribution in [0.1, 0.15) is 22.3 Å². The van der Waals surface area contributed by atoms with Crippen molar-refractivity contribution in [3.8, 4) is 0 Å². The third kappa shape index (κ3) is 2.57. The molecule has 6 heteroatoms. The molecule has 0 bridgehead atoms. The molecule has 2 atom stereocenters. The average Bonchev–Trinajstić information content (AvgIpc) is 2.74. The number of hydrogen-bond donors (Lipinski definition) is 2. The Kier molecular flexibility index (Phi) is 3.78. The van der Waals surface area contributed by atoms with Gasteiger partial charge in [-0.1, -0.05) is 17.7 Å². The average molecular weight is 284 g/mol. The van der Waals surface area contributed by atoms with Crippen LogP contribution >= 0.6 is 11.6 Å². The second-order valence-electron chi connectivity index (χ2n) is 4.61. The highest BCUT2D eigenvalue weighted by Gasteiger charge is 2.39. The highest BCUT2D eigenvalue weighted by atomic mass is 35.5. The topological polar surface area (TPSA) is 77.8 Å². The number of nitrogens with zero attached hydrogens (tertiary/aromatic N) is 1. The fraction of sp³-hybridized carbons (Fsp3) is 0.385. The van der Waals surface area contributed by atoms with E-state index in [9.17, 15) is 14.7 Å². The van der Waals surface area contributed by atoms with Gasteiger partial charge in [-0.05, 0) is 24.6 Å². The van der Waals surface area contributed by atoms with Crippen molar-refractivity contribution in [2.45, 2.75) is 25.5 Å². The Morgan fingerprint density at radius 2 is 2.11 bits per heavy atom. The van der Waals surface area contributed by atoms with E-state index in [0.717, 1.165) is 0 Å². The standard InChI is InChI=1S/C13H14ClNO4/c1-7-9(3-2-4-10(7)14)12(17)15-6-8(16)5-11(15)13(18)19/h2-4,8,11,16H,5-6H2,1H3,(H,18,19)/t8?,11-/m0/s1. The molecule has 0 aromatic heterocycles. The van der Waals surface area contributed by atoms with Crippen molar-refractivity contribution in [2.24, 2.45) is 0 Å². The fourth-order valence-electron chi connectivity index (χ4n) is 2.27. The van der Waals surface area contributed by atoms with Crippen LogP contribution < -0.4 is 0 Å². The van der Waals surface area contributed by atoms with E-state index in [1.807, 2.05) is 0 Å². The molecule has 1 aliphatic heterocycles. The maximum Gasteiger partial charge on any atom is 0.326 e.